The number of benzene rings is 1. The van der Waals surface area contributed by atoms with Crippen LogP contribution in [0.1, 0.15) is 44.6 Å². The van der Waals surface area contributed by atoms with Gasteiger partial charge in [-0.1, -0.05) is 17.7 Å². The number of aromatic amines is 1. The summed E-state index contributed by atoms with van der Waals surface area (Å²) < 4.78 is 37.5. The number of aromatic nitrogens is 1. The van der Waals surface area contributed by atoms with Gasteiger partial charge in [-0.25, -0.2) is 13.2 Å². The lowest BCUT2D eigenvalue weighted by Crippen LogP contribution is -2.45. The number of sulfonamides is 1. The number of ether oxygens (including phenoxy) is 2. The molecule has 0 unspecified atom stereocenters. The van der Waals surface area contributed by atoms with E-state index in [2.05, 4.69) is 4.98 Å². The first kappa shape index (κ1) is 23.8. The number of aryl methyl sites for hydroxylation is 2. The van der Waals surface area contributed by atoms with Crippen molar-refractivity contribution < 1.29 is 27.5 Å². The van der Waals surface area contributed by atoms with Crippen LogP contribution in [0.25, 0.3) is 0 Å². The van der Waals surface area contributed by atoms with Gasteiger partial charge in [-0.2, -0.15) is 4.31 Å². The van der Waals surface area contributed by atoms with Crippen LogP contribution in [0.4, 0.5) is 0 Å². The summed E-state index contributed by atoms with van der Waals surface area (Å²) in [6.07, 6.45) is 0. The normalized spacial score (nSPS) is 12.8. The first-order valence-corrected chi connectivity index (χ1v) is 10.9. The minimum Gasteiger partial charge on any atom is -0.464 e. The number of rotatable bonds is 9. The number of carbonyl (C=O) groups is 2. The van der Waals surface area contributed by atoms with Gasteiger partial charge in [-0.05, 0) is 45.4 Å². The minimum absolute atomic E-state index is 0.00595. The highest BCUT2D eigenvalue weighted by atomic mass is 32.2. The molecule has 30 heavy (non-hydrogen) atoms. The van der Waals surface area contributed by atoms with Gasteiger partial charge in [-0.15, -0.1) is 0 Å². The summed E-state index contributed by atoms with van der Waals surface area (Å²) in [6.45, 7) is 6.82. The highest BCUT2D eigenvalue weighted by Gasteiger charge is 2.35. The number of H-pyrrole nitrogens is 1. The number of hydrogen-bond donors (Lipinski definition) is 1. The van der Waals surface area contributed by atoms with Crippen molar-refractivity contribution in [3.8, 4) is 0 Å². The maximum atomic E-state index is 13.3. The van der Waals surface area contributed by atoms with Crippen molar-refractivity contribution in [1.82, 2.24) is 9.29 Å². The van der Waals surface area contributed by atoms with Crippen LogP contribution in [-0.2, 0) is 19.5 Å². The quantitative estimate of drug-likeness (QED) is 0.478. The monoisotopic (exact) mass is 436 g/mol. The molecule has 1 atom stereocenters. The van der Waals surface area contributed by atoms with E-state index in [9.17, 15) is 18.0 Å². The van der Waals surface area contributed by atoms with Crippen LogP contribution in [0.15, 0.2) is 29.2 Å². The molecule has 1 aromatic carbocycles. The molecule has 0 fully saturated rings. The summed E-state index contributed by atoms with van der Waals surface area (Å²) in [5, 5.41) is 0. The lowest BCUT2D eigenvalue weighted by Gasteiger charge is -2.27. The summed E-state index contributed by atoms with van der Waals surface area (Å²) >= 11 is 0. The summed E-state index contributed by atoms with van der Waals surface area (Å²) in [5.41, 5.74) is 2.29. The molecule has 2 rings (SSSR count). The van der Waals surface area contributed by atoms with Crippen LogP contribution >= 0.6 is 0 Å². The predicted molar refractivity (Wildman–Crippen MR) is 112 cm³/mol. The van der Waals surface area contributed by atoms with E-state index in [1.54, 1.807) is 26.0 Å². The van der Waals surface area contributed by atoms with Crippen LogP contribution in [0.2, 0.25) is 0 Å². The van der Waals surface area contributed by atoms with E-state index in [1.165, 1.54) is 33.3 Å². The SMILES string of the molecule is COCCN([C@@H](C)C(=O)c1c(C)[nH]c(C(=O)OC)c1C)S(=O)(=O)c1ccc(C)cc1. The maximum Gasteiger partial charge on any atom is 0.354 e. The number of carbonyl (C=O) groups excluding carboxylic acids is 2. The second-order valence-electron chi connectivity index (χ2n) is 7.08. The Morgan fingerprint density at radius 1 is 1.10 bits per heavy atom. The van der Waals surface area contributed by atoms with Crippen LogP contribution in [0.3, 0.4) is 0 Å². The molecule has 8 nitrogen and oxygen atoms in total. The third-order valence-electron chi connectivity index (χ3n) is 5.03. The number of ketones is 1. The maximum absolute atomic E-state index is 13.3. The van der Waals surface area contributed by atoms with E-state index >= 15 is 0 Å². The van der Waals surface area contributed by atoms with Crippen molar-refractivity contribution >= 4 is 21.8 Å². The van der Waals surface area contributed by atoms with Gasteiger partial charge >= 0.3 is 5.97 Å². The summed E-state index contributed by atoms with van der Waals surface area (Å²) in [5.74, 6) is -1.01. The average Bonchev–Trinajstić information content (AvgIpc) is 3.01. The molecule has 9 heteroatoms. The number of nitrogens with zero attached hydrogens (tertiary/aromatic N) is 1. The van der Waals surface area contributed by atoms with Crippen LogP contribution in [-0.4, -0.2) is 62.9 Å². The van der Waals surface area contributed by atoms with Crippen molar-refractivity contribution in [2.45, 2.75) is 38.6 Å². The Morgan fingerprint density at radius 2 is 1.70 bits per heavy atom. The van der Waals surface area contributed by atoms with Crippen LogP contribution in [0, 0.1) is 20.8 Å². The summed E-state index contributed by atoms with van der Waals surface area (Å²) in [4.78, 5) is 28.2. The molecule has 0 bridgehead atoms. The number of methoxy groups -OCH3 is 2. The molecular weight excluding hydrogens is 408 g/mol. The van der Waals surface area contributed by atoms with Gasteiger partial charge in [-0.3, -0.25) is 4.79 Å². The first-order chi connectivity index (χ1) is 14.1. The average molecular weight is 437 g/mol. The van der Waals surface area contributed by atoms with Gasteiger partial charge in [0, 0.05) is 24.9 Å². The topological polar surface area (TPSA) is 106 Å². The standard InChI is InChI=1S/C21H28N2O6S/c1-13-7-9-17(10-8-13)30(26,27)23(11-12-28-5)16(4)20(24)18-14(2)19(21(25)29-6)22-15(18)3/h7-10,16,22H,11-12H2,1-6H3/t16-/m0/s1. The molecule has 1 N–H and O–H groups in total. The van der Waals surface area contributed by atoms with Crippen molar-refractivity contribution in [3.05, 3.63) is 52.3 Å². The fraction of sp³-hybridized carbons (Fsp3) is 0.429. The number of Topliss-reactive ketones (excluding diaryl/α,β-unsaturated/α-hetero) is 1. The highest BCUT2D eigenvalue weighted by Crippen LogP contribution is 2.25. The largest absolute Gasteiger partial charge is 0.464 e. The van der Waals surface area contributed by atoms with E-state index in [0.29, 0.717) is 11.3 Å². The Hall–Kier alpha value is -2.49. The Bertz CT molecular complexity index is 1020. The molecule has 0 saturated heterocycles. The molecule has 0 amide bonds. The third-order valence-corrected chi connectivity index (χ3v) is 7.01. The molecule has 0 aliphatic rings. The zero-order valence-electron chi connectivity index (χ0n) is 18.1. The van der Waals surface area contributed by atoms with Gasteiger partial charge in [0.05, 0.1) is 24.7 Å². The predicted octanol–water partition coefficient (Wildman–Crippen LogP) is 2.64. The van der Waals surface area contributed by atoms with Gasteiger partial charge < -0.3 is 14.5 Å². The Morgan fingerprint density at radius 3 is 2.23 bits per heavy atom. The second kappa shape index (κ2) is 9.55. The van der Waals surface area contributed by atoms with Gasteiger partial charge in [0.15, 0.2) is 5.78 Å². The van der Waals surface area contributed by atoms with Crippen LogP contribution in [0.5, 0.6) is 0 Å². The summed E-state index contributed by atoms with van der Waals surface area (Å²) in [7, 11) is -1.23. The fourth-order valence-corrected chi connectivity index (χ4v) is 4.89. The molecule has 2 aromatic rings. The molecule has 0 aliphatic heterocycles. The zero-order valence-corrected chi connectivity index (χ0v) is 18.9. The molecule has 0 radical (unpaired) electrons. The molecule has 0 saturated carbocycles. The number of hydrogen-bond acceptors (Lipinski definition) is 6. The molecule has 0 aliphatic carbocycles. The molecule has 1 aromatic heterocycles. The second-order valence-corrected chi connectivity index (χ2v) is 8.97. The number of esters is 1. The first-order valence-electron chi connectivity index (χ1n) is 9.45. The van der Waals surface area contributed by atoms with Gasteiger partial charge in [0.2, 0.25) is 10.0 Å². The summed E-state index contributed by atoms with van der Waals surface area (Å²) in [6, 6.07) is 5.44. The fourth-order valence-electron chi connectivity index (χ4n) is 3.31. The Kier molecular flexibility index (Phi) is 7.57. The zero-order chi connectivity index (χ0) is 22.6. The molecule has 164 valence electrons. The van der Waals surface area contributed by atoms with Crippen molar-refractivity contribution in [1.29, 1.82) is 0 Å². The van der Waals surface area contributed by atoms with Crippen molar-refractivity contribution in [2.75, 3.05) is 27.4 Å². The Balaban J connectivity index is 2.48. The smallest absolute Gasteiger partial charge is 0.354 e. The van der Waals surface area contributed by atoms with Crippen molar-refractivity contribution in [2.24, 2.45) is 0 Å². The van der Waals surface area contributed by atoms with E-state index in [-0.39, 0.29) is 29.3 Å². The van der Waals surface area contributed by atoms with Crippen molar-refractivity contribution in [3.63, 3.8) is 0 Å². The molecule has 1 heterocycles. The van der Waals surface area contributed by atoms with Gasteiger partial charge in [0.1, 0.15) is 5.69 Å². The molecule has 0 spiro atoms. The highest BCUT2D eigenvalue weighted by molar-refractivity contribution is 7.89. The molecular formula is C21H28N2O6S. The number of nitrogens with one attached hydrogen (secondary N) is 1. The van der Waals surface area contributed by atoms with E-state index in [4.69, 9.17) is 9.47 Å². The van der Waals surface area contributed by atoms with Crippen LogP contribution < -0.4 is 0 Å². The third kappa shape index (κ3) is 4.63. The lowest BCUT2D eigenvalue weighted by atomic mass is 10.0. The van der Waals surface area contributed by atoms with E-state index < -0.39 is 27.8 Å². The van der Waals surface area contributed by atoms with E-state index in [1.807, 2.05) is 6.92 Å². The van der Waals surface area contributed by atoms with Gasteiger partial charge in [0.25, 0.3) is 0 Å². The lowest BCUT2D eigenvalue weighted by molar-refractivity contribution is 0.0594. The minimum atomic E-state index is -3.95. The van der Waals surface area contributed by atoms with E-state index in [0.717, 1.165) is 9.87 Å². The Labute approximate surface area is 177 Å².